The van der Waals surface area contributed by atoms with Crippen molar-refractivity contribution < 1.29 is 44.0 Å². The second-order valence-corrected chi connectivity index (χ2v) is 8.59. The van der Waals surface area contributed by atoms with Crippen LogP contribution in [-0.4, -0.2) is 44.0 Å². The van der Waals surface area contributed by atoms with E-state index in [-0.39, 0.29) is 0 Å². The standard InChI is InChI=1S/C10H8O10S3/c11-8-4-7-5(2-10(8)23(18,19)20)1-6(21(12,13)14)3-9(7)22(15,16)17/h1-4,11H,(H,12,13,14)(H,15,16,17)(H,18,19,20). The second kappa shape index (κ2) is 5.12. The Hall–Kier alpha value is -1.77. The van der Waals surface area contributed by atoms with Gasteiger partial charge in [0.25, 0.3) is 30.4 Å². The predicted octanol–water partition coefficient (Wildman–Crippen LogP) is 0.286. The molecule has 23 heavy (non-hydrogen) atoms. The molecule has 2 rings (SSSR count). The largest absolute Gasteiger partial charge is 0.506 e. The molecule has 0 saturated heterocycles. The van der Waals surface area contributed by atoms with Crippen molar-refractivity contribution in [3.8, 4) is 5.75 Å². The van der Waals surface area contributed by atoms with Crippen LogP contribution >= 0.6 is 0 Å². The molecule has 0 bridgehead atoms. The molecule has 4 N–H and O–H groups in total. The summed E-state index contributed by atoms with van der Waals surface area (Å²) in [5, 5.41) is 8.76. The van der Waals surface area contributed by atoms with Crippen molar-refractivity contribution in [1.82, 2.24) is 0 Å². The molecule has 0 aromatic heterocycles. The van der Waals surface area contributed by atoms with Gasteiger partial charge >= 0.3 is 0 Å². The Morgan fingerprint density at radius 2 is 1.17 bits per heavy atom. The van der Waals surface area contributed by atoms with E-state index in [1.807, 2.05) is 0 Å². The van der Waals surface area contributed by atoms with Gasteiger partial charge in [-0.15, -0.1) is 0 Å². The van der Waals surface area contributed by atoms with Crippen LogP contribution in [0, 0.1) is 0 Å². The van der Waals surface area contributed by atoms with Gasteiger partial charge in [0.05, 0.1) is 4.90 Å². The van der Waals surface area contributed by atoms with Crippen molar-refractivity contribution in [2.75, 3.05) is 0 Å². The summed E-state index contributed by atoms with van der Waals surface area (Å²) in [5.74, 6) is -1.02. The Labute approximate surface area is 130 Å². The topological polar surface area (TPSA) is 183 Å². The van der Waals surface area contributed by atoms with Crippen LogP contribution in [0.4, 0.5) is 0 Å². The molecule has 0 saturated carbocycles. The summed E-state index contributed by atoms with van der Waals surface area (Å²) in [4.78, 5) is -2.94. The highest BCUT2D eigenvalue weighted by Gasteiger charge is 2.24. The van der Waals surface area contributed by atoms with E-state index in [2.05, 4.69) is 0 Å². The van der Waals surface area contributed by atoms with Gasteiger partial charge in [-0.2, -0.15) is 25.3 Å². The number of aromatic hydroxyl groups is 1. The third-order valence-electron chi connectivity index (χ3n) is 2.82. The summed E-state index contributed by atoms with van der Waals surface area (Å²) in [7, 11) is -14.8. The first-order chi connectivity index (χ1) is 10.2. The summed E-state index contributed by atoms with van der Waals surface area (Å²) in [6.45, 7) is 0. The summed E-state index contributed by atoms with van der Waals surface area (Å²) in [6, 6.07) is 2.33. The summed E-state index contributed by atoms with van der Waals surface area (Å²) >= 11 is 0. The van der Waals surface area contributed by atoms with Crippen LogP contribution in [0.1, 0.15) is 0 Å². The van der Waals surface area contributed by atoms with Crippen LogP contribution in [0.3, 0.4) is 0 Å². The van der Waals surface area contributed by atoms with E-state index in [0.717, 1.165) is 0 Å². The van der Waals surface area contributed by atoms with E-state index in [1.165, 1.54) is 0 Å². The van der Waals surface area contributed by atoms with Gasteiger partial charge in [-0.05, 0) is 29.7 Å². The van der Waals surface area contributed by atoms with Crippen molar-refractivity contribution >= 4 is 41.1 Å². The summed E-state index contributed by atoms with van der Waals surface area (Å²) < 4.78 is 94.4. The van der Waals surface area contributed by atoms with Crippen molar-refractivity contribution in [2.45, 2.75) is 14.7 Å². The molecule has 0 amide bonds. The van der Waals surface area contributed by atoms with E-state index in [4.69, 9.17) is 13.7 Å². The lowest BCUT2D eigenvalue weighted by atomic mass is 10.1. The lowest BCUT2D eigenvalue weighted by molar-refractivity contribution is 0.444. The number of benzene rings is 2. The van der Waals surface area contributed by atoms with Crippen molar-refractivity contribution in [3.05, 3.63) is 24.3 Å². The molecule has 0 aliphatic carbocycles. The Kier molecular flexibility index (Phi) is 3.91. The molecule has 0 heterocycles. The van der Waals surface area contributed by atoms with Crippen molar-refractivity contribution in [2.24, 2.45) is 0 Å². The van der Waals surface area contributed by atoms with Crippen LogP contribution in [0.15, 0.2) is 39.0 Å². The molecule has 126 valence electrons. The molecular weight excluding hydrogens is 376 g/mol. The van der Waals surface area contributed by atoms with Gasteiger partial charge in [-0.25, -0.2) is 0 Å². The summed E-state index contributed by atoms with van der Waals surface area (Å²) in [6.07, 6.45) is 0. The van der Waals surface area contributed by atoms with Crippen LogP contribution in [0.25, 0.3) is 10.8 Å². The van der Waals surface area contributed by atoms with Crippen LogP contribution in [0.5, 0.6) is 5.75 Å². The molecule has 10 nitrogen and oxygen atoms in total. The monoisotopic (exact) mass is 384 g/mol. The number of phenols is 1. The molecule has 2 aromatic rings. The summed E-state index contributed by atoms with van der Waals surface area (Å²) in [5.41, 5.74) is 0. The highest BCUT2D eigenvalue weighted by Crippen LogP contribution is 2.34. The molecule has 0 atom stereocenters. The first kappa shape index (κ1) is 17.6. The average Bonchev–Trinajstić information content (AvgIpc) is 2.32. The van der Waals surface area contributed by atoms with Crippen LogP contribution in [-0.2, 0) is 30.4 Å². The molecule has 0 aliphatic heterocycles. The molecule has 0 fully saturated rings. The normalized spacial score (nSPS) is 13.3. The Bertz CT molecular complexity index is 1130. The number of phenolic OH excluding ortho intramolecular Hbond substituents is 1. The van der Waals surface area contributed by atoms with Crippen molar-refractivity contribution in [3.63, 3.8) is 0 Å². The van der Waals surface area contributed by atoms with Gasteiger partial charge in [0, 0.05) is 5.39 Å². The third-order valence-corrected chi connectivity index (χ3v) is 5.43. The van der Waals surface area contributed by atoms with Gasteiger partial charge in [-0.1, -0.05) is 0 Å². The highest BCUT2D eigenvalue weighted by atomic mass is 32.2. The molecule has 0 aliphatic rings. The quantitative estimate of drug-likeness (QED) is 0.536. The minimum Gasteiger partial charge on any atom is -0.506 e. The zero-order valence-electron chi connectivity index (χ0n) is 10.8. The van der Waals surface area contributed by atoms with E-state index in [1.54, 1.807) is 0 Å². The number of hydrogen-bond acceptors (Lipinski definition) is 7. The zero-order chi connectivity index (χ0) is 17.8. The fraction of sp³-hybridized carbons (Fsp3) is 0. The van der Waals surface area contributed by atoms with Crippen LogP contribution in [0.2, 0.25) is 0 Å². The fourth-order valence-electron chi connectivity index (χ4n) is 1.89. The lowest BCUT2D eigenvalue weighted by Crippen LogP contribution is -2.05. The minimum atomic E-state index is -4.98. The second-order valence-electron chi connectivity index (χ2n) is 4.39. The average molecular weight is 384 g/mol. The molecule has 0 unspecified atom stereocenters. The van der Waals surface area contributed by atoms with E-state index < -0.39 is 61.6 Å². The molecule has 13 heteroatoms. The lowest BCUT2D eigenvalue weighted by Gasteiger charge is -2.09. The van der Waals surface area contributed by atoms with Gasteiger partial charge in [0.15, 0.2) is 0 Å². The first-order valence-corrected chi connectivity index (χ1v) is 9.76. The molecule has 0 radical (unpaired) electrons. The maximum Gasteiger partial charge on any atom is 0.298 e. The third kappa shape index (κ3) is 3.44. The smallest absolute Gasteiger partial charge is 0.298 e. The van der Waals surface area contributed by atoms with E-state index >= 15 is 0 Å². The Morgan fingerprint density at radius 3 is 1.61 bits per heavy atom. The van der Waals surface area contributed by atoms with E-state index in [0.29, 0.717) is 24.3 Å². The SMILES string of the molecule is O=S(=O)(O)c1cc(S(=O)(=O)O)c2cc(O)c(S(=O)(=O)O)cc2c1. The van der Waals surface area contributed by atoms with Gasteiger partial charge < -0.3 is 5.11 Å². The minimum absolute atomic E-state index is 0.391. The fourth-order valence-corrected chi connectivity index (χ4v) is 3.83. The predicted molar refractivity (Wildman–Crippen MR) is 75.1 cm³/mol. The van der Waals surface area contributed by atoms with E-state index in [9.17, 15) is 30.4 Å². The number of fused-ring (bicyclic) bond motifs is 1. The first-order valence-electron chi connectivity index (χ1n) is 5.44. The molecule has 0 spiro atoms. The van der Waals surface area contributed by atoms with Gasteiger partial charge in [0.1, 0.15) is 15.5 Å². The molecular formula is C10H8O10S3. The number of rotatable bonds is 3. The maximum atomic E-state index is 11.3. The Balaban J connectivity index is 3.10. The zero-order valence-corrected chi connectivity index (χ0v) is 13.2. The molecule has 2 aromatic carbocycles. The maximum absolute atomic E-state index is 11.3. The van der Waals surface area contributed by atoms with Crippen molar-refractivity contribution in [1.29, 1.82) is 0 Å². The van der Waals surface area contributed by atoms with Crippen LogP contribution < -0.4 is 0 Å². The number of hydrogen-bond donors (Lipinski definition) is 4. The highest BCUT2D eigenvalue weighted by molar-refractivity contribution is 7.87. The van der Waals surface area contributed by atoms with Gasteiger partial charge in [-0.3, -0.25) is 13.7 Å². The Morgan fingerprint density at radius 1 is 0.652 bits per heavy atom. The van der Waals surface area contributed by atoms with Gasteiger partial charge in [0.2, 0.25) is 0 Å².